The van der Waals surface area contributed by atoms with Gasteiger partial charge in [0.15, 0.2) is 0 Å². The molecule has 55 heavy (non-hydrogen) atoms. The number of carboxylic acid groups (broad SMARTS) is 1. The quantitative estimate of drug-likeness (QED) is 0.0455. The standard InChI is InChI=1S/C45H67N3O7/c1-3-5-7-10-29-13-14-33(41(52)21-29)11-8-6-9-12-39(44(53)54)40(51)15-17-45(55)28-31(19-30-16-18-47-42(46)22-30)20-35(45)26-36-23-32(4-2)43(48-36)34-24-37(49)27-38(50)25-34/h13-14,16,22-25,27,29,31,33,35,39-41,47-52,55H,3-12,15,17-21,26,28,46H2,1-2H3,(H,53,54)/t29-,31-,33-,35+,39+,40-,41-,45+/m1/s1. The second-order valence-electron chi connectivity index (χ2n) is 16.9. The lowest BCUT2D eigenvalue weighted by molar-refractivity contribution is -0.146. The van der Waals surface area contributed by atoms with Gasteiger partial charge in [0.1, 0.15) is 11.5 Å². The van der Waals surface area contributed by atoms with E-state index in [1.165, 1.54) is 25.3 Å². The molecule has 2 aliphatic carbocycles. The third kappa shape index (κ3) is 11.9. The first kappa shape index (κ1) is 42.4. The van der Waals surface area contributed by atoms with Gasteiger partial charge in [0, 0.05) is 35.5 Å². The second-order valence-corrected chi connectivity index (χ2v) is 16.9. The molecule has 1 fully saturated rings. The van der Waals surface area contributed by atoms with Crippen LogP contribution in [-0.4, -0.2) is 65.9 Å². The lowest BCUT2D eigenvalue weighted by Gasteiger charge is -2.32. The van der Waals surface area contributed by atoms with Gasteiger partial charge in [0.05, 0.1) is 29.5 Å². The summed E-state index contributed by atoms with van der Waals surface area (Å²) in [6, 6.07) is 6.62. The summed E-state index contributed by atoms with van der Waals surface area (Å²) in [6.07, 6.45) is 20.3. The Kier molecular flexibility index (Phi) is 15.4. The topological polar surface area (TPSA) is 192 Å². The Bertz CT molecular complexity index is 1630. The molecule has 8 atom stereocenters. The van der Waals surface area contributed by atoms with E-state index in [4.69, 9.17) is 5.73 Å². The van der Waals surface area contributed by atoms with Crippen LogP contribution in [0.4, 0.5) is 0 Å². The number of phenols is 2. The summed E-state index contributed by atoms with van der Waals surface area (Å²) in [6.45, 7) is 4.92. The third-order valence-corrected chi connectivity index (χ3v) is 12.6. The lowest BCUT2D eigenvalue weighted by atomic mass is 9.80. The van der Waals surface area contributed by atoms with Crippen LogP contribution in [0.25, 0.3) is 11.3 Å². The van der Waals surface area contributed by atoms with Crippen LogP contribution in [0.3, 0.4) is 0 Å². The summed E-state index contributed by atoms with van der Waals surface area (Å²) in [5.74, 6) is -0.677. The maximum atomic E-state index is 12.4. The fourth-order valence-electron chi connectivity index (χ4n) is 9.55. The van der Waals surface area contributed by atoms with Gasteiger partial charge in [-0.15, -0.1) is 0 Å². The van der Waals surface area contributed by atoms with Crippen LogP contribution in [0.5, 0.6) is 11.5 Å². The van der Waals surface area contributed by atoms with Crippen LogP contribution in [0.15, 0.2) is 60.0 Å². The van der Waals surface area contributed by atoms with Gasteiger partial charge in [-0.25, -0.2) is 0 Å². The van der Waals surface area contributed by atoms with E-state index in [2.05, 4.69) is 48.4 Å². The fraction of sp³-hybridized carbons (Fsp3) is 0.622. The monoisotopic (exact) mass is 761 g/mol. The summed E-state index contributed by atoms with van der Waals surface area (Å²) in [5, 5.41) is 68.0. The number of allylic oxidation sites excluding steroid dienone is 3. The Hall–Kier alpha value is -3.73. The van der Waals surface area contributed by atoms with Crippen molar-refractivity contribution in [3.8, 4) is 22.8 Å². The summed E-state index contributed by atoms with van der Waals surface area (Å²) in [4.78, 5) is 15.9. The second kappa shape index (κ2) is 19.9. The predicted molar refractivity (Wildman–Crippen MR) is 217 cm³/mol. The number of unbranched alkanes of at least 4 members (excludes halogenated alkanes) is 4. The summed E-state index contributed by atoms with van der Waals surface area (Å²) >= 11 is 0. The zero-order valence-corrected chi connectivity index (χ0v) is 33.1. The number of aliphatic carboxylic acids is 1. The minimum atomic E-state index is -1.11. The molecule has 10 heteroatoms. The number of carbonyl (C=O) groups is 1. The SMILES string of the molecule is CCCCC[C@@H]1C=C[C@@H](CCCCC[C@H](C(=O)O)[C@H](O)CC[C@]2(O)C[C@H](CC3=CCNC(N)=C3)C[C@H]2Cc2cc(CC)c(-c3cc(O)cc(O)c3)[nH]2)[C@H](O)C1. The molecule has 0 unspecified atom stereocenters. The van der Waals surface area contributed by atoms with E-state index in [0.717, 1.165) is 73.9 Å². The molecular formula is C45H67N3O7. The first-order valence-electron chi connectivity index (χ1n) is 21.0. The first-order valence-corrected chi connectivity index (χ1v) is 21.0. The molecule has 0 spiro atoms. The number of phenolic OH excluding ortho intramolecular Hbond substituents is 2. The molecule has 1 aliphatic heterocycles. The zero-order chi connectivity index (χ0) is 39.5. The molecule has 0 saturated heterocycles. The number of aromatic nitrogens is 1. The minimum Gasteiger partial charge on any atom is -0.508 e. The highest BCUT2D eigenvalue weighted by atomic mass is 16.4. The Morgan fingerprint density at radius 1 is 0.964 bits per heavy atom. The number of dihydropyridines is 1. The predicted octanol–water partition coefficient (Wildman–Crippen LogP) is 7.60. The highest BCUT2D eigenvalue weighted by molar-refractivity contribution is 5.70. The van der Waals surface area contributed by atoms with Crippen LogP contribution in [0, 0.1) is 29.6 Å². The number of hydrogen-bond donors (Lipinski definition) is 9. The van der Waals surface area contributed by atoms with Gasteiger partial charge in [-0.1, -0.05) is 70.6 Å². The normalized spacial score (nSPS) is 26.3. The van der Waals surface area contributed by atoms with Crippen molar-refractivity contribution >= 4 is 5.97 Å². The zero-order valence-electron chi connectivity index (χ0n) is 33.1. The molecular weight excluding hydrogens is 695 g/mol. The average molecular weight is 762 g/mol. The van der Waals surface area contributed by atoms with Crippen molar-refractivity contribution in [1.82, 2.24) is 10.3 Å². The molecule has 304 valence electrons. The molecule has 10 N–H and O–H groups in total. The highest BCUT2D eigenvalue weighted by Gasteiger charge is 2.46. The van der Waals surface area contributed by atoms with Crippen molar-refractivity contribution < 1.29 is 35.4 Å². The smallest absolute Gasteiger partial charge is 0.309 e. The van der Waals surface area contributed by atoms with Gasteiger partial charge in [-0.05, 0) is 124 Å². The third-order valence-electron chi connectivity index (χ3n) is 12.6. The minimum absolute atomic E-state index is 0.0239. The number of aromatic hydroxyl groups is 2. The number of aliphatic hydroxyl groups is 3. The number of aromatic amines is 1. The Morgan fingerprint density at radius 3 is 2.42 bits per heavy atom. The Balaban J connectivity index is 1.19. The van der Waals surface area contributed by atoms with Crippen LogP contribution in [-0.2, 0) is 17.6 Å². The molecule has 10 nitrogen and oxygen atoms in total. The molecule has 3 aliphatic rings. The number of H-pyrrole nitrogens is 1. The van der Waals surface area contributed by atoms with E-state index < -0.39 is 23.6 Å². The number of aryl methyl sites for hydroxylation is 1. The summed E-state index contributed by atoms with van der Waals surface area (Å²) in [7, 11) is 0. The molecule has 0 radical (unpaired) electrons. The van der Waals surface area contributed by atoms with Crippen LogP contribution in [0.2, 0.25) is 0 Å². The van der Waals surface area contributed by atoms with Crippen LogP contribution < -0.4 is 11.1 Å². The highest BCUT2D eigenvalue weighted by Crippen LogP contribution is 2.47. The molecule has 1 aromatic heterocycles. The number of nitrogens with two attached hydrogens (primary N) is 1. The molecule has 2 aromatic rings. The van der Waals surface area contributed by atoms with E-state index in [0.29, 0.717) is 49.5 Å². The average Bonchev–Trinajstić information content (AvgIpc) is 3.68. The van der Waals surface area contributed by atoms with Gasteiger partial charge in [-0.3, -0.25) is 4.79 Å². The Morgan fingerprint density at radius 2 is 1.73 bits per heavy atom. The van der Waals surface area contributed by atoms with E-state index >= 15 is 0 Å². The van der Waals surface area contributed by atoms with Gasteiger partial charge < -0.3 is 46.7 Å². The van der Waals surface area contributed by atoms with E-state index in [1.807, 2.05) is 6.08 Å². The maximum absolute atomic E-state index is 12.4. The fourth-order valence-corrected chi connectivity index (χ4v) is 9.55. The molecule has 0 amide bonds. The van der Waals surface area contributed by atoms with Crippen molar-refractivity contribution in [3.63, 3.8) is 0 Å². The Labute approximate surface area is 327 Å². The van der Waals surface area contributed by atoms with Crippen molar-refractivity contribution in [1.29, 1.82) is 0 Å². The summed E-state index contributed by atoms with van der Waals surface area (Å²) < 4.78 is 0. The number of rotatable bonds is 21. The molecule has 0 bridgehead atoms. The number of nitrogens with one attached hydrogen (secondary N) is 2. The number of carboxylic acids is 1. The molecule has 5 rings (SSSR count). The van der Waals surface area contributed by atoms with Gasteiger partial charge in [0.2, 0.25) is 0 Å². The summed E-state index contributed by atoms with van der Waals surface area (Å²) in [5.41, 5.74) is 9.56. The van der Waals surface area contributed by atoms with Gasteiger partial charge in [-0.2, -0.15) is 0 Å². The van der Waals surface area contributed by atoms with Crippen LogP contribution >= 0.6 is 0 Å². The van der Waals surface area contributed by atoms with Gasteiger partial charge >= 0.3 is 5.97 Å². The van der Waals surface area contributed by atoms with E-state index in [1.54, 1.807) is 12.1 Å². The van der Waals surface area contributed by atoms with Crippen molar-refractivity contribution in [2.45, 2.75) is 141 Å². The molecule has 2 heterocycles. The van der Waals surface area contributed by atoms with Crippen LogP contribution in [0.1, 0.15) is 121 Å². The van der Waals surface area contributed by atoms with Crippen molar-refractivity contribution in [2.75, 3.05) is 6.54 Å². The van der Waals surface area contributed by atoms with Crippen molar-refractivity contribution in [2.24, 2.45) is 35.3 Å². The number of benzene rings is 1. The van der Waals surface area contributed by atoms with Gasteiger partial charge in [0.25, 0.3) is 0 Å². The number of aliphatic hydroxyl groups excluding tert-OH is 2. The molecule has 1 aromatic carbocycles. The maximum Gasteiger partial charge on any atom is 0.309 e. The lowest BCUT2D eigenvalue weighted by Crippen LogP contribution is -2.37. The largest absolute Gasteiger partial charge is 0.508 e. The molecule has 1 saturated carbocycles. The first-order chi connectivity index (χ1) is 26.4. The van der Waals surface area contributed by atoms with E-state index in [9.17, 15) is 35.4 Å². The number of hydrogen-bond acceptors (Lipinski definition) is 8. The van der Waals surface area contributed by atoms with E-state index in [-0.39, 0.29) is 48.2 Å². The van der Waals surface area contributed by atoms with Crippen molar-refractivity contribution in [3.05, 3.63) is 71.2 Å².